The van der Waals surface area contributed by atoms with Crippen LogP contribution in [-0.2, 0) is 123 Å². The summed E-state index contributed by atoms with van der Waals surface area (Å²) >= 11 is 0. The van der Waals surface area contributed by atoms with Crippen molar-refractivity contribution >= 4 is 29.5 Å². The number of carbonyl (C=O) groups excluding carboxylic acids is 5. The van der Waals surface area contributed by atoms with Gasteiger partial charge in [-0.2, -0.15) is 0 Å². The zero-order valence-corrected chi connectivity index (χ0v) is 73.3. The molecule has 11 fully saturated rings. The van der Waals surface area contributed by atoms with Gasteiger partial charge in [0.1, 0.15) is 256 Å². The standard InChI is InChI=1S/C76H127N5O54/c1-17-38(94)49(105)54(110)71(117-17)115-15-31-59(47(103)33(66(114)119-31)77-19(3)89)128-69-36(80-22(6)92)48(104)58(29(13-87)125-69)129-74-57(113)63(133-76-65(53(109)44(100)28(12-86)124-76)135-68-35(79-21(5)91)46(102)41(97)25(9-83)121-68)61(130-67-34(78-20(4)90)45(101)40(96)24(8-82)120-67)32(127-74)16-116-75-64(52(108)43(99)27(11-85)123-75)134-70-37(81-23(7)93)62(132-72-55(111)50(106)39(95)18(2)118-72)60(30(14-88)126-70)131-73-56(112)51(107)42(98)26(10-84)122-73/h17-18,24-76,82-88,94-114H,8-16H2,1-7H3,(H,77,89)(H,78,90)(H,79,91)(H,80,92)(H,81,93)/t17-,18-,24+,25+,26+,27+,28+,29+,30+,31+,32+,33+,34+,35+,36+,37+,38+,39+,40+,41+,42-,43+,44+,45+,46+,47-,48+,49+,50+,51-,52-,53-,54-,55-,56+,57-,58+,59+,60+,61+,62+,63+,64-,65-,66+,67-,68-,69-,70-,71+,72-,73-,74-,75-,76+/m0/s1. The van der Waals surface area contributed by atoms with Crippen molar-refractivity contribution in [2.24, 2.45) is 0 Å². The Morgan fingerprint density at radius 1 is 0.207 bits per heavy atom. The predicted octanol–water partition coefficient (Wildman–Crippen LogP) is -22.2. The number of aliphatic hydroxyl groups excluding tert-OH is 28. The van der Waals surface area contributed by atoms with Gasteiger partial charge in [-0.15, -0.1) is 0 Å². The zero-order valence-electron chi connectivity index (χ0n) is 73.3. The third-order valence-electron chi connectivity index (χ3n) is 24.9. The molecular weight excluding hydrogens is 1850 g/mol. The van der Waals surface area contributed by atoms with E-state index in [0.717, 1.165) is 34.6 Å². The molecule has 11 aliphatic rings. The first-order valence-corrected chi connectivity index (χ1v) is 43.4. The Morgan fingerprint density at radius 3 is 0.926 bits per heavy atom. The van der Waals surface area contributed by atoms with E-state index in [1.165, 1.54) is 13.8 Å². The highest BCUT2D eigenvalue weighted by Crippen LogP contribution is 2.43. The summed E-state index contributed by atoms with van der Waals surface area (Å²) in [7, 11) is 0. The maximum Gasteiger partial charge on any atom is 0.217 e. The van der Waals surface area contributed by atoms with Gasteiger partial charge in [0.25, 0.3) is 0 Å². The van der Waals surface area contributed by atoms with Gasteiger partial charge in [0.2, 0.25) is 29.5 Å². The Labute approximate surface area is 765 Å². The molecule has 5 amide bonds. The van der Waals surface area contributed by atoms with Crippen molar-refractivity contribution in [2.75, 3.05) is 59.5 Å². The molecule has 11 aliphatic heterocycles. The van der Waals surface area contributed by atoms with Crippen LogP contribution in [0.1, 0.15) is 48.5 Å². The van der Waals surface area contributed by atoms with Crippen LogP contribution >= 0.6 is 0 Å². The van der Waals surface area contributed by atoms with Crippen LogP contribution in [0.3, 0.4) is 0 Å². The number of aliphatic hydroxyl groups is 28. The van der Waals surface area contributed by atoms with Crippen LogP contribution in [0.5, 0.6) is 0 Å². The van der Waals surface area contributed by atoms with Crippen LogP contribution < -0.4 is 26.6 Å². The molecule has 0 aromatic carbocycles. The Hall–Kier alpha value is -4.61. The molecule has 55 atom stereocenters. The van der Waals surface area contributed by atoms with Crippen molar-refractivity contribution in [2.45, 2.75) is 386 Å². The van der Waals surface area contributed by atoms with Crippen molar-refractivity contribution < 1.29 is 266 Å². The highest BCUT2D eigenvalue weighted by Gasteiger charge is 2.63. The highest BCUT2D eigenvalue weighted by molar-refractivity contribution is 5.75. The maximum atomic E-state index is 13.7. The average molecular weight is 1970 g/mol. The second-order valence-electron chi connectivity index (χ2n) is 34.5. The average Bonchev–Trinajstić information content (AvgIpc) is 0.752. The van der Waals surface area contributed by atoms with E-state index in [4.69, 9.17) is 99.5 Å². The second-order valence-corrected chi connectivity index (χ2v) is 34.5. The van der Waals surface area contributed by atoms with Gasteiger partial charge in [0.15, 0.2) is 69.2 Å². The van der Waals surface area contributed by atoms with E-state index in [1.807, 2.05) is 0 Å². The first kappa shape index (κ1) is 111. The maximum absolute atomic E-state index is 13.7. The van der Waals surface area contributed by atoms with E-state index < -0.39 is 426 Å². The Morgan fingerprint density at radius 2 is 0.467 bits per heavy atom. The summed E-state index contributed by atoms with van der Waals surface area (Å²) in [6.07, 6.45) is -108. The lowest BCUT2D eigenvalue weighted by Gasteiger charge is -2.52. The number of carbonyl (C=O) groups is 5. The number of hydrogen-bond acceptors (Lipinski definition) is 54. The lowest BCUT2D eigenvalue weighted by atomic mass is 9.93. The fourth-order valence-electron chi connectivity index (χ4n) is 17.6. The highest BCUT2D eigenvalue weighted by atomic mass is 16.8. The van der Waals surface area contributed by atoms with Gasteiger partial charge in [-0.25, -0.2) is 0 Å². The lowest BCUT2D eigenvalue weighted by Crippen LogP contribution is -2.72. The van der Waals surface area contributed by atoms with Crippen molar-refractivity contribution in [3.05, 3.63) is 0 Å². The molecule has 780 valence electrons. The van der Waals surface area contributed by atoms with Crippen LogP contribution in [0.2, 0.25) is 0 Å². The summed E-state index contributed by atoms with van der Waals surface area (Å²) in [5.41, 5.74) is 0. The van der Waals surface area contributed by atoms with Gasteiger partial charge in [-0.3, -0.25) is 24.0 Å². The molecule has 0 bridgehead atoms. The third kappa shape index (κ3) is 24.7. The molecule has 0 radical (unpaired) electrons. The molecule has 0 saturated carbocycles. The largest absolute Gasteiger partial charge is 0.394 e. The van der Waals surface area contributed by atoms with Crippen LogP contribution in [0, 0.1) is 0 Å². The van der Waals surface area contributed by atoms with Crippen molar-refractivity contribution in [3.63, 3.8) is 0 Å². The molecule has 59 heteroatoms. The van der Waals surface area contributed by atoms with Gasteiger partial charge in [0.05, 0.1) is 71.7 Å². The van der Waals surface area contributed by atoms with Crippen LogP contribution in [0.15, 0.2) is 0 Å². The van der Waals surface area contributed by atoms with Gasteiger partial charge < -0.3 is 269 Å². The summed E-state index contributed by atoms with van der Waals surface area (Å²) in [6.45, 7) is -3.70. The molecule has 0 aromatic rings. The Balaban J connectivity index is 1.03. The summed E-state index contributed by atoms with van der Waals surface area (Å²) in [6, 6.07) is -10.0. The molecule has 0 aromatic heterocycles. The summed E-state index contributed by atoms with van der Waals surface area (Å²) in [5.74, 6) is -4.94. The van der Waals surface area contributed by atoms with Crippen LogP contribution in [-0.4, -0.2) is 569 Å². The van der Waals surface area contributed by atoms with E-state index in [0.29, 0.717) is 0 Å². The second kappa shape index (κ2) is 48.2. The van der Waals surface area contributed by atoms with E-state index in [-0.39, 0.29) is 0 Å². The van der Waals surface area contributed by atoms with E-state index in [1.54, 1.807) is 0 Å². The molecule has 59 nitrogen and oxygen atoms in total. The molecule has 33 N–H and O–H groups in total. The van der Waals surface area contributed by atoms with Crippen molar-refractivity contribution in [1.29, 1.82) is 0 Å². The molecular formula is C76H127N5O54. The minimum absolute atomic E-state index is 0.877. The molecule has 135 heavy (non-hydrogen) atoms. The van der Waals surface area contributed by atoms with E-state index in [9.17, 15) is 167 Å². The van der Waals surface area contributed by atoms with Gasteiger partial charge in [0, 0.05) is 34.6 Å². The molecule has 0 spiro atoms. The minimum atomic E-state index is -2.80. The topological polar surface area (TPSA) is 906 Å². The smallest absolute Gasteiger partial charge is 0.217 e. The summed E-state index contributed by atoms with van der Waals surface area (Å²) < 4.78 is 129. The number of rotatable bonds is 34. The monoisotopic (exact) mass is 1970 g/mol. The first-order chi connectivity index (χ1) is 63.8. The predicted molar refractivity (Wildman–Crippen MR) is 417 cm³/mol. The Bertz CT molecular complexity index is 3750. The zero-order chi connectivity index (χ0) is 99.4. The fraction of sp³-hybridized carbons (Fsp3) is 0.934. The quantitative estimate of drug-likeness (QED) is 0.0284. The van der Waals surface area contributed by atoms with Crippen molar-refractivity contribution in [3.8, 4) is 0 Å². The summed E-state index contributed by atoms with van der Waals surface area (Å²) in [4.78, 5) is 65.9. The molecule has 11 rings (SSSR count). The van der Waals surface area contributed by atoms with E-state index in [2.05, 4.69) is 26.6 Å². The Kier molecular flexibility index (Phi) is 39.5. The van der Waals surface area contributed by atoms with Crippen LogP contribution in [0.25, 0.3) is 0 Å². The molecule has 0 unspecified atom stereocenters. The SMILES string of the molecule is CC(=O)N[C@@H]1[C@H](O)[C@H](O[C@@H]2O[C@H](CO)[C@@H](O[C@@H]3O[C@H](CO[C@H]4O[C@H](CO)[C@@H](O)[C@H](O)[C@@H]4O[C@@H]4O[C@H](CO)[C@@H](O[C@@H]5O[C@H](CO)[C@H](O)[C@H](O)[C@H]5O)[C@H](O[C@@H]5O[C@@H](C)[C@@H](O)[C@@H](O)[C@@H]5O)[C@H]4NC(C)=O)[C@@H](O[C@@H]4O[C@H](CO)[C@@H](O)[C@H](O)[C@H]4NC(C)=O)[C@H](O[C@H]4O[C@H](CO)[C@@H](O)[C@H](O)[C@@H]4O[C@@H]4O[C@H](CO)[C@@H](O)[C@H](O)[C@H]4NC(C)=O)[C@@H]3O)[C@H](O)[C@H]2NC(C)=O)[C@@H](CO[C@@H]2O[C@@H](C)[C@@H](O)[C@@H](O)[C@@H]2O)O[C@H]1O. The molecule has 11 saturated heterocycles. The third-order valence-corrected chi connectivity index (χ3v) is 24.9. The molecule has 0 aliphatic carbocycles. The van der Waals surface area contributed by atoms with Gasteiger partial charge in [-0.05, 0) is 13.8 Å². The summed E-state index contributed by atoms with van der Waals surface area (Å²) in [5, 5.41) is 330. The van der Waals surface area contributed by atoms with Gasteiger partial charge >= 0.3 is 0 Å². The number of ether oxygens (including phenoxy) is 21. The number of amides is 5. The molecule has 11 heterocycles. The first-order valence-electron chi connectivity index (χ1n) is 43.4. The fourth-order valence-corrected chi connectivity index (χ4v) is 17.6. The number of hydrogen-bond donors (Lipinski definition) is 33. The van der Waals surface area contributed by atoms with E-state index >= 15 is 0 Å². The minimum Gasteiger partial charge on any atom is -0.394 e. The normalized spacial score (nSPS) is 49.5. The number of nitrogens with one attached hydrogen (secondary N) is 5. The van der Waals surface area contributed by atoms with Crippen LogP contribution in [0.4, 0.5) is 0 Å². The lowest BCUT2D eigenvalue weighted by molar-refractivity contribution is -0.408. The van der Waals surface area contributed by atoms with Gasteiger partial charge in [-0.1, -0.05) is 0 Å². The van der Waals surface area contributed by atoms with Crippen molar-refractivity contribution in [1.82, 2.24) is 26.6 Å².